The van der Waals surface area contributed by atoms with Crippen LogP contribution in [-0.4, -0.2) is 50.3 Å². The molecule has 0 spiro atoms. The summed E-state index contributed by atoms with van der Waals surface area (Å²) in [5.74, 6) is 0.831. The van der Waals surface area contributed by atoms with Crippen LogP contribution in [0, 0.1) is 19.8 Å². The molecule has 1 aromatic carbocycles. The number of hydrogen-bond donors (Lipinski definition) is 0. The summed E-state index contributed by atoms with van der Waals surface area (Å²) in [5.41, 5.74) is 2.16. The van der Waals surface area contributed by atoms with Crippen LogP contribution >= 0.6 is 0 Å². The van der Waals surface area contributed by atoms with E-state index in [9.17, 15) is 8.42 Å². The van der Waals surface area contributed by atoms with Crippen molar-refractivity contribution in [2.24, 2.45) is 5.92 Å². The van der Waals surface area contributed by atoms with Gasteiger partial charge in [0.15, 0.2) is 0 Å². The Morgan fingerprint density at radius 1 is 1.00 bits per heavy atom. The zero-order valence-electron chi connectivity index (χ0n) is 14.3. The molecule has 128 valence electrons. The fourth-order valence-electron chi connectivity index (χ4n) is 3.73. The molecule has 23 heavy (non-hydrogen) atoms. The minimum atomic E-state index is -3.35. The molecule has 0 aromatic heterocycles. The maximum absolute atomic E-state index is 12.8. The molecule has 0 radical (unpaired) electrons. The average molecular weight is 337 g/mol. The minimum absolute atomic E-state index is 0.435. The minimum Gasteiger partial charge on any atom is -0.300 e. The van der Waals surface area contributed by atoms with Gasteiger partial charge in [0.25, 0.3) is 0 Å². The number of sulfonamides is 1. The quantitative estimate of drug-likeness (QED) is 0.849. The lowest BCUT2D eigenvalue weighted by atomic mass is 10.1. The normalized spacial score (nSPS) is 21.8. The smallest absolute Gasteiger partial charge is 0.243 e. The summed E-state index contributed by atoms with van der Waals surface area (Å²) in [6.07, 6.45) is 5.43. The highest BCUT2D eigenvalue weighted by Crippen LogP contribution is 2.26. The molecule has 0 bridgehead atoms. The van der Waals surface area contributed by atoms with E-state index in [0.717, 1.165) is 36.7 Å². The van der Waals surface area contributed by atoms with Crippen LogP contribution < -0.4 is 0 Å². The highest BCUT2D eigenvalue weighted by molar-refractivity contribution is 7.89. The molecule has 1 aliphatic carbocycles. The molecule has 1 saturated carbocycles. The maximum Gasteiger partial charge on any atom is 0.243 e. The van der Waals surface area contributed by atoms with Crippen molar-refractivity contribution in [1.82, 2.24) is 9.21 Å². The summed E-state index contributed by atoms with van der Waals surface area (Å²) in [6, 6.07) is 5.44. The molecule has 2 fully saturated rings. The number of rotatable bonds is 4. The van der Waals surface area contributed by atoms with Crippen molar-refractivity contribution in [3.63, 3.8) is 0 Å². The van der Waals surface area contributed by atoms with Gasteiger partial charge in [-0.1, -0.05) is 18.9 Å². The summed E-state index contributed by atoms with van der Waals surface area (Å²) in [5, 5.41) is 0. The highest BCUT2D eigenvalue weighted by atomic mass is 32.2. The van der Waals surface area contributed by atoms with Crippen LogP contribution in [0.15, 0.2) is 23.1 Å². The van der Waals surface area contributed by atoms with Crippen molar-refractivity contribution in [2.75, 3.05) is 32.7 Å². The Hall–Kier alpha value is -0.910. The van der Waals surface area contributed by atoms with Crippen LogP contribution in [-0.2, 0) is 10.0 Å². The number of piperazine rings is 1. The fourth-order valence-corrected chi connectivity index (χ4v) is 5.24. The van der Waals surface area contributed by atoms with Crippen molar-refractivity contribution < 1.29 is 8.42 Å². The molecule has 1 saturated heterocycles. The lowest BCUT2D eigenvalue weighted by Crippen LogP contribution is -2.49. The number of nitrogens with zero attached hydrogens (tertiary/aromatic N) is 2. The second-order valence-corrected chi connectivity index (χ2v) is 9.04. The van der Waals surface area contributed by atoms with E-state index in [1.165, 1.54) is 25.7 Å². The molecule has 2 aliphatic rings. The molecule has 4 nitrogen and oxygen atoms in total. The van der Waals surface area contributed by atoms with E-state index < -0.39 is 10.0 Å². The third-order valence-corrected chi connectivity index (χ3v) is 7.33. The molecule has 1 aromatic rings. The van der Waals surface area contributed by atoms with Gasteiger partial charge in [0, 0.05) is 32.7 Å². The highest BCUT2D eigenvalue weighted by Gasteiger charge is 2.29. The number of hydrogen-bond acceptors (Lipinski definition) is 3. The summed E-state index contributed by atoms with van der Waals surface area (Å²) in [6.45, 7) is 8.07. The zero-order chi connectivity index (χ0) is 16.4. The van der Waals surface area contributed by atoms with E-state index in [4.69, 9.17) is 0 Å². The van der Waals surface area contributed by atoms with Crippen LogP contribution in [0.4, 0.5) is 0 Å². The Kier molecular flexibility index (Phi) is 5.09. The van der Waals surface area contributed by atoms with Gasteiger partial charge in [-0.25, -0.2) is 8.42 Å². The van der Waals surface area contributed by atoms with Gasteiger partial charge in [-0.15, -0.1) is 0 Å². The van der Waals surface area contributed by atoms with Gasteiger partial charge in [0.1, 0.15) is 0 Å². The van der Waals surface area contributed by atoms with Gasteiger partial charge >= 0.3 is 0 Å². The van der Waals surface area contributed by atoms with E-state index >= 15 is 0 Å². The largest absolute Gasteiger partial charge is 0.300 e. The van der Waals surface area contributed by atoms with Gasteiger partial charge in [0.05, 0.1) is 4.90 Å². The van der Waals surface area contributed by atoms with Crippen molar-refractivity contribution >= 4 is 10.0 Å². The van der Waals surface area contributed by atoms with E-state index in [2.05, 4.69) is 4.90 Å². The fraction of sp³-hybridized carbons (Fsp3) is 0.667. The molecule has 0 unspecified atom stereocenters. The standard InChI is InChI=1S/C18H28N2O2S/c1-15-7-8-18(13-16(15)2)23(21,22)20-11-9-19(10-12-20)14-17-5-3-4-6-17/h7-8,13,17H,3-6,9-12,14H2,1-2H3. The Bertz CT molecular complexity index is 643. The lowest BCUT2D eigenvalue weighted by molar-refractivity contribution is 0.165. The van der Waals surface area contributed by atoms with E-state index in [1.807, 2.05) is 19.9 Å². The first kappa shape index (κ1) is 16.9. The van der Waals surface area contributed by atoms with Crippen LogP contribution in [0.5, 0.6) is 0 Å². The van der Waals surface area contributed by atoms with Crippen molar-refractivity contribution in [1.29, 1.82) is 0 Å². The SMILES string of the molecule is Cc1ccc(S(=O)(=O)N2CCN(CC3CCCC3)CC2)cc1C. The van der Waals surface area contributed by atoms with Crippen molar-refractivity contribution in [2.45, 2.75) is 44.4 Å². The van der Waals surface area contributed by atoms with Crippen LogP contribution in [0.25, 0.3) is 0 Å². The van der Waals surface area contributed by atoms with Crippen molar-refractivity contribution in [3.05, 3.63) is 29.3 Å². The van der Waals surface area contributed by atoms with E-state index in [-0.39, 0.29) is 0 Å². The first-order chi connectivity index (χ1) is 11.0. The number of aryl methyl sites for hydroxylation is 2. The van der Waals surface area contributed by atoms with Crippen LogP contribution in [0.3, 0.4) is 0 Å². The summed E-state index contributed by atoms with van der Waals surface area (Å²) in [7, 11) is -3.35. The Morgan fingerprint density at radius 2 is 1.65 bits per heavy atom. The van der Waals surface area contributed by atoms with E-state index in [1.54, 1.807) is 16.4 Å². The van der Waals surface area contributed by atoms with Gasteiger partial charge in [-0.2, -0.15) is 4.31 Å². The molecule has 1 heterocycles. The lowest BCUT2D eigenvalue weighted by Gasteiger charge is -2.35. The predicted octanol–water partition coefficient (Wildman–Crippen LogP) is 2.80. The Labute approximate surface area is 140 Å². The van der Waals surface area contributed by atoms with Gasteiger partial charge in [-0.3, -0.25) is 0 Å². The first-order valence-electron chi connectivity index (χ1n) is 8.76. The molecular formula is C18H28N2O2S. The molecule has 0 atom stereocenters. The molecule has 0 amide bonds. The third kappa shape index (κ3) is 3.78. The van der Waals surface area contributed by atoms with Gasteiger partial charge < -0.3 is 4.90 Å². The van der Waals surface area contributed by atoms with Crippen LogP contribution in [0.1, 0.15) is 36.8 Å². The molecule has 5 heteroatoms. The van der Waals surface area contributed by atoms with Gasteiger partial charge in [0.2, 0.25) is 10.0 Å². The second-order valence-electron chi connectivity index (χ2n) is 7.10. The zero-order valence-corrected chi connectivity index (χ0v) is 15.1. The third-order valence-electron chi connectivity index (χ3n) is 5.44. The number of benzene rings is 1. The molecule has 0 N–H and O–H groups in total. The maximum atomic E-state index is 12.8. The predicted molar refractivity (Wildman–Crippen MR) is 93.1 cm³/mol. The summed E-state index contributed by atoms with van der Waals surface area (Å²) >= 11 is 0. The molecule has 3 rings (SSSR count). The Morgan fingerprint density at radius 3 is 2.26 bits per heavy atom. The average Bonchev–Trinajstić information content (AvgIpc) is 3.03. The van der Waals surface area contributed by atoms with E-state index in [0.29, 0.717) is 18.0 Å². The Balaban J connectivity index is 1.62. The monoisotopic (exact) mass is 336 g/mol. The topological polar surface area (TPSA) is 40.6 Å². The first-order valence-corrected chi connectivity index (χ1v) is 10.2. The summed E-state index contributed by atoms with van der Waals surface area (Å²) in [4.78, 5) is 2.88. The van der Waals surface area contributed by atoms with Gasteiger partial charge in [-0.05, 0) is 55.9 Å². The molecular weight excluding hydrogens is 308 g/mol. The summed E-state index contributed by atoms with van der Waals surface area (Å²) < 4.78 is 27.3. The second kappa shape index (κ2) is 6.91. The molecule has 1 aliphatic heterocycles. The van der Waals surface area contributed by atoms with Crippen LogP contribution in [0.2, 0.25) is 0 Å². The van der Waals surface area contributed by atoms with Crippen molar-refractivity contribution in [3.8, 4) is 0 Å².